The molecular formula is C13H9F3IN3S. The van der Waals surface area contributed by atoms with Crippen molar-refractivity contribution in [2.45, 2.75) is 6.18 Å². The number of alkyl halides is 3. The van der Waals surface area contributed by atoms with E-state index in [2.05, 4.69) is 38.2 Å². The van der Waals surface area contributed by atoms with Gasteiger partial charge in [-0.3, -0.25) is 0 Å². The summed E-state index contributed by atoms with van der Waals surface area (Å²) >= 11 is 7.24. The minimum absolute atomic E-state index is 0.242. The monoisotopic (exact) mass is 423 g/mol. The molecule has 0 unspecified atom stereocenters. The first-order valence-corrected chi connectivity index (χ1v) is 7.20. The number of hydrogen-bond donors (Lipinski definition) is 2. The van der Waals surface area contributed by atoms with Gasteiger partial charge in [-0.2, -0.15) is 13.2 Å². The zero-order chi connectivity index (χ0) is 15.5. The van der Waals surface area contributed by atoms with Crippen LogP contribution in [0, 0.1) is 3.57 Å². The molecule has 1 heterocycles. The number of rotatable bonds is 2. The molecule has 110 valence electrons. The van der Waals surface area contributed by atoms with Crippen molar-refractivity contribution in [2.75, 3.05) is 10.6 Å². The zero-order valence-corrected chi connectivity index (χ0v) is 13.4. The molecule has 1 aromatic carbocycles. The molecule has 8 heteroatoms. The lowest BCUT2D eigenvalue weighted by Crippen LogP contribution is -2.20. The Labute approximate surface area is 138 Å². The van der Waals surface area contributed by atoms with Crippen LogP contribution in [0.4, 0.5) is 24.7 Å². The van der Waals surface area contributed by atoms with Gasteiger partial charge in [-0.1, -0.05) is 6.07 Å². The lowest BCUT2D eigenvalue weighted by molar-refractivity contribution is -0.137. The SMILES string of the molecule is FC(F)(F)c1ccc(NC(=S)Nc2cccc(I)c2)nc1. The molecule has 0 fully saturated rings. The fourth-order valence-electron chi connectivity index (χ4n) is 1.48. The molecule has 0 aliphatic rings. The normalized spacial score (nSPS) is 11.0. The van der Waals surface area contributed by atoms with E-state index in [1.165, 1.54) is 6.07 Å². The van der Waals surface area contributed by atoms with Crippen molar-refractivity contribution in [2.24, 2.45) is 0 Å². The Hall–Kier alpha value is -1.42. The summed E-state index contributed by atoms with van der Waals surface area (Å²) in [6, 6.07) is 9.68. The Morgan fingerprint density at radius 1 is 1.14 bits per heavy atom. The number of halogens is 4. The van der Waals surface area contributed by atoms with E-state index in [0.29, 0.717) is 0 Å². The Morgan fingerprint density at radius 3 is 2.48 bits per heavy atom. The minimum atomic E-state index is -4.40. The summed E-state index contributed by atoms with van der Waals surface area (Å²) in [6.07, 6.45) is -3.64. The standard InChI is InChI=1S/C13H9F3IN3S/c14-13(15,16)8-4-5-11(18-7-8)20-12(21)19-10-3-1-2-9(17)6-10/h1-7H,(H2,18,19,20,21). The summed E-state index contributed by atoms with van der Waals surface area (Å²) in [4.78, 5) is 3.68. The van der Waals surface area contributed by atoms with Crippen LogP contribution in [-0.4, -0.2) is 10.1 Å². The second-order valence-electron chi connectivity index (χ2n) is 4.02. The van der Waals surface area contributed by atoms with Crippen LogP contribution < -0.4 is 10.6 Å². The van der Waals surface area contributed by atoms with Crippen molar-refractivity contribution in [1.29, 1.82) is 0 Å². The Kier molecular flexibility index (Phi) is 4.99. The molecule has 0 aliphatic carbocycles. The van der Waals surface area contributed by atoms with Crippen LogP contribution in [0.2, 0.25) is 0 Å². The van der Waals surface area contributed by atoms with Crippen LogP contribution >= 0.6 is 34.8 Å². The summed E-state index contributed by atoms with van der Waals surface area (Å²) in [5.41, 5.74) is -0.0177. The quantitative estimate of drug-likeness (QED) is 0.551. The summed E-state index contributed by atoms with van der Waals surface area (Å²) < 4.78 is 38.3. The first-order valence-electron chi connectivity index (χ1n) is 5.71. The highest BCUT2D eigenvalue weighted by molar-refractivity contribution is 14.1. The molecule has 1 aromatic heterocycles. The van der Waals surface area contributed by atoms with Gasteiger partial charge in [-0.05, 0) is 65.1 Å². The summed E-state index contributed by atoms with van der Waals surface area (Å²) in [7, 11) is 0. The highest BCUT2D eigenvalue weighted by atomic mass is 127. The van der Waals surface area contributed by atoms with Gasteiger partial charge in [0.15, 0.2) is 5.11 Å². The highest BCUT2D eigenvalue weighted by Gasteiger charge is 2.30. The van der Waals surface area contributed by atoms with Crippen LogP contribution in [0.3, 0.4) is 0 Å². The van der Waals surface area contributed by atoms with Gasteiger partial charge in [-0.25, -0.2) is 4.98 Å². The molecule has 2 rings (SSSR count). The van der Waals surface area contributed by atoms with Gasteiger partial charge < -0.3 is 10.6 Å². The van der Waals surface area contributed by atoms with Gasteiger partial charge in [0.05, 0.1) is 5.56 Å². The molecule has 3 nitrogen and oxygen atoms in total. The topological polar surface area (TPSA) is 37.0 Å². The second kappa shape index (κ2) is 6.56. The van der Waals surface area contributed by atoms with Crippen molar-refractivity contribution in [3.63, 3.8) is 0 Å². The smallest absolute Gasteiger partial charge is 0.332 e. The number of anilines is 2. The molecule has 0 amide bonds. The number of benzene rings is 1. The first-order chi connectivity index (χ1) is 9.84. The fourth-order valence-corrected chi connectivity index (χ4v) is 2.25. The van der Waals surface area contributed by atoms with Crippen LogP contribution in [0.1, 0.15) is 5.56 Å². The van der Waals surface area contributed by atoms with Gasteiger partial charge in [0.25, 0.3) is 0 Å². The van der Waals surface area contributed by atoms with E-state index in [0.717, 1.165) is 21.5 Å². The maximum absolute atomic E-state index is 12.4. The third kappa shape index (κ3) is 4.81. The largest absolute Gasteiger partial charge is 0.417 e. The molecule has 2 N–H and O–H groups in total. The van der Waals surface area contributed by atoms with E-state index in [1.807, 2.05) is 24.3 Å². The predicted molar refractivity (Wildman–Crippen MR) is 88.2 cm³/mol. The first kappa shape index (κ1) is 16.0. The maximum Gasteiger partial charge on any atom is 0.417 e. The molecule has 0 radical (unpaired) electrons. The Balaban J connectivity index is 2.00. The number of nitrogens with one attached hydrogen (secondary N) is 2. The molecule has 0 atom stereocenters. The van der Waals surface area contributed by atoms with E-state index < -0.39 is 11.7 Å². The van der Waals surface area contributed by atoms with E-state index in [4.69, 9.17) is 12.2 Å². The second-order valence-corrected chi connectivity index (χ2v) is 5.67. The minimum Gasteiger partial charge on any atom is -0.332 e. The summed E-state index contributed by atoms with van der Waals surface area (Å²) in [6.45, 7) is 0. The van der Waals surface area contributed by atoms with E-state index in [9.17, 15) is 13.2 Å². The summed E-state index contributed by atoms with van der Waals surface area (Å²) in [5.74, 6) is 0.242. The third-order valence-electron chi connectivity index (χ3n) is 2.41. The number of thiocarbonyl (C=S) groups is 1. The lowest BCUT2D eigenvalue weighted by atomic mass is 10.3. The Morgan fingerprint density at radius 2 is 1.90 bits per heavy atom. The average Bonchev–Trinajstić information content (AvgIpc) is 2.38. The molecule has 0 saturated carbocycles. The predicted octanol–water partition coefficient (Wildman–Crippen LogP) is 4.51. The van der Waals surface area contributed by atoms with Gasteiger partial charge in [0, 0.05) is 15.5 Å². The Bertz CT molecular complexity index is 644. The lowest BCUT2D eigenvalue weighted by Gasteiger charge is -2.11. The molecule has 0 bridgehead atoms. The van der Waals surface area contributed by atoms with Gasteiger partial charge in [0.1, 0.15) is 5.82 Å². The van der Waals surface area contributed by atoms with Gasteiger partial charge in [0.2, 0.25) is 0 Å². The van der Waals surface area contributed by atoms with Crippen molar-refractivity contribution in [3.8, 4) is 0 Å². The van der Waals surface area contributed by atoms with Crippen LogP contribution in [0.15, 0.2) is 42.6 Å². The fraction of sp³-hybridized carbons (Fsp3) is 0.0769. The maximum atomic E-state index is 12.4. The van der Waals surface area contributed by atoms with Gasteiger partial charge >= 0.3 is 6.18 Å². The number of hydrogen-bond acceptors (Lipinski definition) is 2. The van der Waals surface area contributed by atoms with E-state index in [-0.39, 0.29) is 10.9 Å². The number of nitrogens with zero attached hydrogens (tertiary/aromatic N) is 1. The number of pyridine rings is 1. The van der Waals surface area contributed by atoms with E-state index in [1.54, 1.807) is 0 Å². The van der Waals surface area contributed by atoms with Crippen LogP contribution in [0.25, 0.3) is 0 Å². The molecule has 2 aromatic rings. The van der Waals surface area contributed by atoms with Crippen LogP contribution in [0.5, 0.6) is 0 Å². The van der Waals surface area contributed by atoms with Crippen molar-refractivity contribution in [1.82, 2.24) is 4.98 Å². The van der Waals surface area contributed by atoms with Crippen LogP contribution in [-0.2, 0) is 6.18 Å². The summed E-state index contributed by atoms with van der Waals surface area (Å²) in [5, 5.41) is 5.91. The number of aromatic nitrogens is 1. The third-order valence-corrected chi connectivity index (χ3v) is 3.29. The van der Waals surface area contributed by atoms with Crippen molar-refractivity contribution < 1.29 is 13.2 Å². The molecule has 21 heavy (non-hydrogen) atoms. The molecule has 0 aliphatic heterocycles. The molecule has 0 saturated heterocycles. The average molecular weight is 423 g/mol. The molecular weight excluding hydrogens is 414 g/mol. The molecule has 0 spiro atoms. The van der Waals surface area contributed by atoms with E-state index >= 15 is 0 Å². The zero-order valence-electron chi connectivity index (χ0n) is 10.4. The van der Waals surface area contributed by atoms with Gasteiger partial charge in [-0.15, -0.1) is 0 Å². The van der Waals surface area contributed by atoms with Crippen molar-refractivity contribution in [3.05, 3.63) is 51.7 Å². The van der Waals surface area contributed by atoms with Crippen molar-refractivity contribution >= 4 is 51.4 Å². The highest BCUT2D eigenvalue weighted by Crippen LogP contribution is 2.28.